The second-order valence-corrected chi connectivity index (χ2v) is 5.50. The van der Waals surface area contributed by atoms with E-state index >= 15 is 0 Å². The van der Waals surface area contributed by atoms with Gasteiger partial charge in [-0.05, 0) is 20.3 Å². The number of imidazole rings is 1. The number of carboxylic acid groups (broad SMARTS) is 1. The largest absolute Gasteiger partial charge is 0.481 e. The summed E-state index contributed by atoms with van der Waals surface area (Å²) in [5, 5.41) is 11.3. The molecule has 98 valence electrons. The molecule has 1 atom stereocenters. The number of thiazole rings is 1. The van der Waals surface area contributed by atoms with Crippen molar-refractivity contribution in [2.75, 3.05) is 0 Å². The normalized spacial score (nSPS) is 13.1. The highest BCUT2D eigenvalue weighted by atomic mass is 32.1. The first-order valence-electron chi connectivity index (χ1n) is 6.19. The Morgan fingerprint density at radius 3 is 2.89 bits per heavy atom. The van der Waals surface area contributed by atoms with Gasteiger partial charge in [-0.15, -0.1) is 11.3 Å². The number of aromatic nitrogens is 2. The van der Waals surface area contributed by atoms with E-state index in [4.69, 9.17) is 0 Å². The number of aliphatic carboxylic acids is 1. The lowest BCUT2D eigenvalue weighted by Gasteiger charge is -2.11. The average molecular weight is 266 g/mol. The molecule has 18 heavy (non-hydrogen) atoms. The minimum absolute atomic E-state index is 0.312. The molecule has 0 aliphatic heterocycles. The third kappa shape index (κ3) is 2.27. The minimum atomic E-state index is -0.709. The molecule has 0 aliphatic rings. The number of carbonyl (C=O) groups is 1. The summed E-state index contributed by atoms with van der Waals surface area (Å²) in [7, 11) is 0. The van der Waals surface area contributed by atoms with E-state index in [9.17, 15) is 9.90 Å². The van der Waals surface area contributed by atoms with Crippen LogP contribution < -0.4 is 0 Å². The van der Waals surface area contributed by atoms with Crippen molar-refractivity contribution >= 4 is 22.3 Å². The summed E-state index contributed by atoms with van der Waals surface area (Å²) in [5.74, 6) is -1.02. The maximum absolute atomic E-state index is 11.3. The van der Waals surface area contributed by atoms with E-state index in [0.717, 1.165) is 28.5 Å². The number of nitrogens with zero attached hydrogens (tertiary/aromatic N) is 2. The fraction of sp³-hybridized carbons (Fsp3) is 0.538. The van der Waals surface area contributed by atoms with Crippen molar-refractivity contribution in [3.8, 4) is 0 Å². The fourth-order valence-corrected chi connectivity index (χ4v) is 3.23. The Balaban J connectivity index is 2.37. The van der Waals surface area contributed by atoms with Crippen molar-refractivity contribution in [2.45, 2.75) is 40.0 Å². The zero-order chi connectivity index (χ0) is 13.3. The predicted octanol–water partition coefficient (Wildman–Crippen LogP) is 3.06. The lowest BCUT2D eigenvalue weighted by Crippen LogP contribution is -2.17. The van der Waals surface area contributed by atoms with Gasteiger partial charge in [0, 0.05) is 23.2 Å². The van der Waals surface area contributed by atoms with E-state index < -0.39 is 5.97 Å². The standard InChI is InChI=1S/C13H18N2O2S/c1-4-5-10(12(16)17)6-11-9(3)14-13-15(11)8(2)7-18-13/h7,10H,4-6H2,1-3H3,(H,16,17). The van der Waals surface area contributed by atoms with Gasteiger partial charge in [0.25, 0.3) is 0 Å². The summed E-state index contributed by atoms with van der Waals surface area (Å²) in [5.41, 5.74) is 3.13. The third-order valence-electron chi connectivity index (χ3n) is 3.26. The van der Waals surface area contributed by atoms with Crippen molar-refractivity contribution in [1.82, 2.24) is 9.38 Å². The smallest absolute Gasteiger partial charge is 0.306 e. The lowest BCUT2D eigenvalue weighted by molar-refractivity contribution is -0.142. The van der Waals surface area contributed by atoms with Crippen LogP contribution in [0.25, 0.3) is 4.96 Å². The van der Waals surface area contributed by atoms with Crippen LogP contribution in [0.1, 0.15) is 36.8 Å². The summed E-state index contributed by atoms with van der Waals surface area (Å²) in [6.45, 7) is 6.01. The highest BCUT2D eigenvalue weighted by molar-refractivity contribution is 7.15. The highest BCUT2D eigenvalue weighted by Gasteiger charge is 2.21. The summed E-state index contributed by atoms with van der Waals surface area (Å²) < 4.78 is 2.09. The van der Waals surface area contributed by atoms with Gasteiger partial charge in [0.2, 0.25) is 0 Å². The monoisotopic (exact) mass is 266 g/mol. The maximum Gasteiger partial charge on any atom is 0.306 e. The molecule has 4 nitrogen and oxygen atoms in total. The van der Waals surface area contributed by atoms with Crippen molar-refractivity contribution < 1.29 is 9.90 Å². The topological polar surface area (TPSA) is 54.6 Å². The van der Waals surface area contributed by atoms with Crippen LogP contribution in [-0.4, -0.2) is 20.5 Å². The van der Waals surface area contributed by atoms with Crippen LogP contribution in [-0.2, 0) is 11.2 Å². The first kappa shape index (κ1) is 13.1. The van der Waals surface area contributed by atoms with E-state index in [-0.39, 0.29) is 5.92 Å². The lowest BCUT2D eigenvalue weighted by atomic mass is 9.97. The molecular weight excluding hydrogens is 248 g/mol. The molecule has 0 saturated heterocycles. The van der Waals surface area contributed by atoms with Crippen LogP contribution in [0.15, 0.2) is 5.38 Å². The van der Waals surface area contributed by atoms with E-state index in [0.29, 0.717) is 12.8 Å². The van der Waals surface area contributed by atoms with Gasteiger partial charge in [-0.25, -0.2) is 4.98 Å². The van der Waals surface area contributed by atoms with Crippen molar-refractivity contribution in [3.63, 3.8) is 0 Å². The molecule has 0 bridgehead atoms. The molecule has 2 heterocycles. The molecule has 2 rings (SSSR count). The van der Waals surface area contributed by atoms with Gasteiger partial charge in [-0.2, -0.15) is 0 Å². The Morgan fingerprint density at radius 2 is 2.28 bits per heavy atom. The minimum Gasteiger partial charge on any atom is -0.481 e. The third-order valence-corrected chi connectivity index (χ3v) is 4.20. The molecule has 1 unspecified atom stereocenters. The molecule has 5 heteroatoms. The van der Waals surface area contributed by atoms with Crippen molar-refractivity contribution in [1.29, 1.82) is 0 Å². The van der Waals surface area contributed by atoms with Gasteiger partial charge in [0.15, 0.2) is 4.96 Å². The summed E-state index contributed by atoms with van der Waals surface area (Å²) in [6, 6.07) is 0. The van der Waals surface area contributed by atoms with E-state index in [1.54, 1.807) is 11.3 Å². The van der Waals surface area contributed by atoms with E-state index in [1.165, 1.54) is 0 Å². The zero-order valence-electron chi connectivity index (χ0n) is 10.9. The predicted molar refractivity (Wildman–Crippen MR) is 72.3 cm³/mol. The number of hydrogen-bond acceptors (Lipinski definition) is 3. The van der Waals surface area contributed by atoms with Crippen molar-refractivity contribution in [3.05, 3.63) is 22.5 Å². The quantitative estimate of drug-likeness (QED) is 0.905. The number of aryl methyl sites for hydroxylation is 2. The molecule has 0 radical (unpaired) electrons. The Bertz CT molecular complexity index is 571. The Hall–Kier alpha value is -1.36. The SMILES string of the molecule is CCCC(Cc1c(C)nc2scc(C)n12)C(=O)O. The second kappa shape index (κ2) is 5.10. The van der Waals surface area contributed by atoms with Gasteiger partial charge in [-0.1, -0.05) is 13.3 Å². The van der Waals surface area contributed by atoms with Gasteiger partial charge in [-0.3, -0.25) is 9.20 Å². The molecule has 0 aromatic carbocycles. The Labute approximate surface area is 110 Å². The number of rotatable bonds is 5. The molecule has 1 N–H and O–H groups in total. The molecule has 0 fully saturated rings. The molecule has 0 saturated carbocycles. The van der Waals surface area contributed by atoms with Crippen LogP contribution in [0.4, 0.5) is 0 Å². The maximum atomic E-state index is 11.3. The summed E-state index contributed by atoms with van der Waals surface area (Å²) >= 11 is 1.60. The van der Waals surface area contributed by atoms with E-state index in [2.05, 4.69) is 14.8 Å². The van der Waals surface area contributed by atoms with Crippen LogP contribution in [0.2, 0.25) is 0 Å². The first-order valence-corrected chi connectivity index (χ1v) is 7.07. The number of fused-ring (bicyclic) bond motifs is 1. The van der Waals surface area contributed by atoms with Crippen LogP contribution in [0.3, 0.4) is 0 Å². The summed E-state index contributed by atoms with van der Waals surface area (Å²) in [6.07, 6.45) is 2.17. The molecule has 2 aromatic rings. The fourth-order valence-electron chi connectivity index (χ4n) is 2.30. The molecule has 0 spiro atoms. The van der Waals surface area contributed by atoms with Gasteiger partial charge >= 0.3 is 5.97 Å². The Morgan fingerprint density at radius 1 is 1.56 bits per heavy atom. The second-order valence-electron chi connectivity index (χ2n) is 4.67. The molecule has 2 aromatic heterocycles. The van der Waals surface area contributed by atoms with Gasteiger partial charge in [0.1, 0.15) is 0 Å². The number of carboxylic acids is 1. The Kier molecular flexibility index (Phi) is 3.71. The average Bonchev–Trinajstić information content (AvgIpc) is 2.80. The van der Waals surface area contributed by atoms with Crippen LogP contribution >= 0.6 is 11.3 Å². The molecular formula is C13H18N2O2S. The van der Waals surface area contributed by atoms with Crippen LogP contribution in [0, 0.1) is 19.8 Å². The van der Waals surface area contributed by atoms with Crippen LogP contribution in [0.5, 0.6) is 0 Å². The first-order chi connectivity index (χ1) is 8.54. The molecule has 0 amide bonds. The number of hydrogen-bond donors (Lipinski definition) is 1. The highest BCUT2D eigenvalue weighted by Crippen LogP contribution is 2.24. The molecule has 0 aliphatic carbocycles. The van der Waals surface area contributed by atoms with E-state index in [1.807, 2.05) is 20.8 Å². The van der Waals surface area contributed by atoms with Gasteiger partial charge in [0.05, 0.1) is 11.6 Å². The zero-order valence-corrected chi connectivity index (χ0v) is 11.8. The van der Waals surface area contributed by atoms with Gasteiger partial charge < -0.3 is 5.11 Å². The summed E-state index contributed by atoms with van der Waals surface area (Å²) in [4.78, 5) is 16.7. The van der Waals surface area contributed by atoms with Crippen molar-refractivity contribution in [2.24, 2.45) is 5.92 Å².